The molecule has 1 nitrogen and oxygen atoms in total. The van der Waals surface area contributed by atoms with E-state index in [-0.39, 0.29) is 0 Å². The highest BCUT2D eigenvalue weighted by atomic mass is 16.5. The van der Waals surface area contributed by atoms with Gasteiger partial charge in [-0.05, 0) is 79.8 Å². The van der Waals surface area contributed by atoms with Gasteiger partial charge in [-0.15, -0.1) is 0 Å². The first-order chi connectivity index (χ1) is 13.3. The zero-order chi connectivity index (χ0) is 18.9. The van der Waals surface area contributed by atoms with Gasteiger partial charge in [-0.3, -0.25) is 0 Å². The van der Waals surface area contributed by atoms with Crippen LogP contribution in [-0.4, -0.2) is 7.11 Å². The van der Waals surface area contributed by atoms with Gasteiger partial charge in [0.05, 0.1) is 7.11 Å². The van der Waals surface area contributed by atoms with Crippen molar-refractivity contribution < 1.29 is 4.74 Å². The summed E-state index contributed by atoms with van der Waals surface area (Å²) in [6, 6.07) is 17.5. The highest BCUT2D eigenvalue weighted by molar-refractivity contribution is 5.38. The van der Waals surface area contributed by atoms with E-state index in [0.29, 0.717) is 11.8 Å². The van der Waals surface area contributed by atoms with Crippen LogP contribution in [0.15, 0.2) is 48.5 Å². The minimum atomic E-state index is 0.539. The lowest BCUT2D eigenvalue weighted by Crippen LogP contribution is -2.12. The number of unbranched alkanes of at least 4 members (excludes halogenated alkanes) is 2. The van der Waals surface area contributed by atoms with E-state index in [9.17, 15) is 0 Å². The van der Waals surface area contributed by atoms with E-state index in [1.165, 1.54) is 62.5 Å². The fraction of sp³-hybridized carbons (Fsp3) is 0.462. The lowest BCUT2D eigenvalue weighted by molar-refractivity contribution is 0.384. The first kappa shape index (κ1) is 19.6. The molecule has 1 saturated carbocycles. The second-order valence-corrected chi connectivity index (χ2v) is 7.75. The van der Waals surface area contributed by atoms with E-state index < -0.39 is 0 Å². The summed E-state index contributed by atoms with van der Waals surface area (Å²) in [4.78, 5) is 0. The number of methoxy groups -OCH3 is 1. The van der Waals surface area contributed by atoms with Gasteiger partial charge in [-0.2, -0.15) is 0 Å². The molecule has 2 aromatic rings. The molecule has 1 fully saturated rings. The van der Waals surface area contributed by atoms with Gasteiger partial charge in [0.2, 0.25) is 0 Å². The molecule has 1 heteroatoms. The van der Waals surface area contributed by atoms with E-state index in [1.54, 1.807) is 7.11 Å². The maximum atomic E-state index is 5.20. The van der Waals surface area contributed by atoms with Crippen LogP contribution < -0.4 is 4.74 Å². The number of benzene rings is 2. The Balaban J connectivity index is 1.49. The Hall–Kier alpha value is -2.20. The van der Waals surface area contributed by atoms with Crippen molar-refractivity contribution in [3.8, 4) is 17.6 Å². The molecule has 0 bridgehead atoms. The molecule has 27 heavy (non-hydrogen) atoms. The zero-order valence-electron chi connectivity index (χ0n) is 16.8. The summed E-state index contributed by atoms with van der Waals surface area (Å²) in [6.07, 6.45) is 10.1. The van der Waals surface area contributed by atoms with Crippen LogP contribution in [0.3, 0.4) is 0 Å². The minimum Gasteiger partial charge on any atom is -0.497 e. The fourth-order valence-electron chi connectivity index (χ4n) is 3.97. The normalized spacial score (nSPS) is 19.2. The summed E-state index contributed by atoms with van der Waals surface area (Å²) in [5.41, 5.74) is 4.10. The van der Waals surface area contributed by atoms with E-state index in [4.69, 9.17) is 4.74 Å². The van der Waals surface area contributed by atoms with Gasteiger partial charge >= 0.3 is 0 Å². The standard InChI is InChI=1S/C26H32O/c1-3-4-5-6-21-9-15-24(16-10-21)25-17-11-22(12-18-25)7-8-23-13-19-26(27-2)20-14-23/h9-10,13-16,19-20,22,25H,3-6,11-12,17-18H2,1-2H3. The van der Waals surface area contributed by atoms with Gasteiger partial charge in [0.1, 0.15) is 5.75 Å². The molecule has 0 amide bonds. The highest BCUT2D eigenvalue weighted by Crippen LogP contribution is 2.35. The molecule has 0 aliphatic heterocycles. The topological polar surface area (TPSA) is 9.23 Å². The molecular weight excluding hydrogens is 328 g/mol. The summed E-state index contributed by atoms with van der Waals surface area (Å²) in [5, 5.41) is 0. The minimum absolute atomic E-state index is 0.539. The van der Waals surface area contributed by atoms with Crippen molar-refractivity contribution in [3.05, 3.63) is 65.2 Å². The third-order valence-corrected chi connectivity index (χ3v) is 5.76. The monoisotopic (exact) mass is 360 g/mol. The van der Waals surface area contributed by atoms with Crippen molar-refractivity contribution in [2.75, 3.05) is 7.11 Å². The number of aryl methyl sites for hydroxylation is 1. The first-order valence-electron chi connectivity index (χ1n) is 10.5. The zero-order valence-corrected chi connectivity index (χ0v) is 16.8. The Kier molecular flexibility index (Phi) is 7.40. The molecule has 1 aliphatic carbocycles. The summed E-state index contributed by atoms with van der Waals surface area (Å²) >= 11 is 0. The Bertz CT molecular complexity index is 738. The SMILES string of the molecule is CCCCCc1ccc(C2CCC(C#Cc3ccc(OC)cc3)CC2)cc1. The number of hydrogen-bond acceptors (Lipinski definition) is 1. The molecule has 3 rings (SSSR count). The molecule has 2 aromatic carbocycles. The van der Waals surface area contributed by atoms with Crippen LogP contribution >= 0.6 is 0 Å². The Morgan fingerprint density at radius 3 is 2.22 bits per heavy atom. The van der Waals surface area contributed by atoms with Gasteiger partial charge in [0.15, 0.2) is 0 Å². The first-order valence-corrected chi connectivity index (χ1v) is 10.5. The Morgan fingerprint density at radius 2 is 1.59 bits per heavy atom. The summed E-state index contributed by atoms with van der Waals surface area (Å²) < 4.78 is 5.20. The van der Waals surface area contributed by atoms with Crippen molar-refractivity contribution in [1.82, 2.24) is 0 Å². The van der Waals surface area contributed by atoms with Crippen LogP contribution in [-0.2, 0) is 6.42 Å². The van der Waals surface area contributed by atoms with E-state index >= 15 is 0 Å². The molecule has 0 heterocycles. The third kappa shape index (κ3) is 5.90. The maximum absolute atomic E-state index is 5.20. The van der Waals surface area contributed by atoms with Crippen molar-refractivity contribution >= 4 is 0 Å². The Morgan fingerprint density at radius 1 is 0.889 bits per heavy atom. The molecule has 142 valence electrons. The summed E-state index contributed by atoms with van der Waals surface area (Å²) in [6.45, 7) is 2.26. The second-order valence-electron chi connectivity index (χ2n) is 7.75. The predicted molar refractivity (Wildman–Crippen MR) is 114 cm³/mol. The van der Waals surface area contributed by atoms with Crippen molar-refractivity contribution in [1.29, 1.82) is 0 Å². The number of hydrogen-bond donors (Lipinski definition) is 0. The number of rotatable bonds is 6. The van der Waals surface area contributed by atoms with Crippen LogP contribution in [0.4, 0.5) is 0 Å². The highest BCUT2D eigenvalue weighted by Gasteiger charge is 2.21. The van der Waals surface area contributed by atoms with Crippen LogP contribution in [0.25, 0.3) is 0 Å². The quantitative estimate of drug-likeness (QED) is 0.409. The van der Waals surface area contributed by atoms with E-state index in [2.05, 4.69) is 43.0 Å². The van der Waals surface area contributed by atoms with Crippen LogP contribution in [0, 0.1) is 17.8 Å². The van der Waals surface area contributed by atoms with Gasteiger partial charge in [0.25, 0.3) is 0 Å². The third-order valence-electron chi connectivity index (χ3n) is 5.76. The van der Waals surface area contributed by atoms with Gasteiger partial charge in [0, 0.05) is 11.5 Å². The molecule has 0 saturated heterocycles. The molecule has 0 radical (unpaired) electrons. The van der Waals surface area contributed by atoms with Crippen molar-refractivity contribution in [2.45, 2.75) is 64.2 Å². The molecular formula is C26H32O. The van der Waals surface area contributed by atoms with Gasteiger partial charge in [-0.25, -0.2) is 0 Å². The maximum Gasteiger partial charge on any atom is 0.118 e. The van der Waals surface area contributed by atoms with E-state index in [1.807, 2.05) is 24.3 Å². The predicted octanol–water partition coefficient (Wildman–Crippen LogP) is 6.75. The number of ether oxygens (including phenoxy) is 1. The lowest BCUT2D eigenvalue weighted by Gasteiger charge is -2.26. The largest absolute Gasteiger partial charge is 0.497 e. The molecule has 0 N–H and O–H groups in total. The summed E-state index contributed by atoms with van der Waals surface area (Å²) in [7, 11) is 1.69. The van der Waals surface area contributed by atoms with Gasteiger partial charge < -0.3 is 4.74 Å². The summed E-state index contributed by atoms with van der Waals surface area (Å²) in [5.74, 6) is 8.98. The van der Waals surface area contributed by atoms with Crippen molar-refractivity contribution in [3.63, 3.8) is 0 Å². The molecule has 0 atom stereocenters. The molecule has 0 unspecified atom stereocenters. The van der Waals surface area contributed by atoms with Crippen LogP contribution in [0.2, 0.25) is 0 Å². The Labute approximate surface area is 165 Å². The average Bonchev–Trinajstić information content (AvgIpc) is 2.74. The van der Waals surface area contributed by atoms with Crippen LogP contribution in [0.1, 0.15) is 74.5 Å². The second kappa shape index (κ2) is 10.2. The smallest absolute Gasteiger partial charge is 0.118 e. The molecule has 0 spiro atoms. The van der Waals surface area contributed by atoms with Crippen LogP contribution in [0.5, 0.6) is 5.75 Å². The van der Waals surface area contributed by atoms with E-state index in [0.717, 1.165) is 11.3 Å². The fourth-order valence-corrected chi connectivity index (χ4v) is 3.97. The lowest BCUT2D eigenvalue weighted by atomic mass is 9.78. The van der Waals surface area contributed by atoms with Gasteiger partial charge in [-0.1, -0.05) is 55.9 Å². The molecule has 1 aliphatic rings. The average molecular weight is 361 g/mol. The molecule has 0 aromatic heterocycles. The van der Waals surface area contributed by atoms with Crippen molar-refractivity contribution in [2.24, 2.45) is 5.92 Å².